The van der Waals surface area contributed by atoms with Crippen molar-refractivity contribution >= 4 is 17.6 Å². The summed E-state index contributed by atoms with van der Waals surface area (Å²) in [6.07, 6.45) is 11.3. The van der Waals surface area contributed by atoms with E-state index in [9.17, 15) is 8.78 Å². The monoisotopic (exact) mass is 584 g/mol. The van der Waals surface area contributed by atoms with Gasteiger partial charge in [-0.15, -0.1) is 24.9 Å². The second-order valence-electron chi connectivity index (χ2n) is 9.11. The summed E-state index contributed by atoms with van der Waals surface area (Å²) >= 11 is 1.67. The number of hydrogen-bond acceptors (Lipinski definition) is 4. The van der Waals surface area contributed by atoms with E-state index >= 15 is 0 Å². The maximum atomic E-state index is 14.0. The van der Waals surface area contributed by atoms with E-state index in [-0.39, 0.29) is 10.6 Å². The SMILES string of the molecule is C=C.C=C/C(=C\C(Cc1ccc(F)c(F)c1)=C(/C)N/C(C)=C/C=C(C=C)/C(N)=N/N)SC(C)(C)C(=C)CCC.CC. The van der Waals surface area contributed by atoms with Gasteiger partial charge in [-0.05, 0) is 82.0 Å². The van der Waals surface area contributed by atoms with E-state index in [0.29, 0.717) is 17.6 Å². The van der Waals surface area contributed by atoms with Gasteiger partial charge in [-0.1, -0.05) is 70.7 Å². The van der Waals surface area contributed by atoms with Gasteiger partial charge in [-0.3, -0.25) is 0 Å². The zero-order chi connectivity index (χ0) is 32.2. The quantitative estimate of drug-likeness (QED) is 0.0508. The first-order valence-electron chi connectivity index (χ1n) is 13.5. The van der Waals surface area contributed by atoms with Crippen LogP contribution >= 0.6 is 11.8 Å². The number of benzene rings is 1. The van der Waals surface area contributed by atoms with Gasteiger partial charge in [0.05, 0.1) is 0 Å². The molecule has 5 N–H and O–H groups in total. The van der Waals surface area contributed by atoms with Crippen molar-refractivity contribution in [1.82, 2.24) is 5.32 Å². The minimum atomic E-state index is -0.876. The number of hydrogen-bond donors (Lipinski definition) is 3. The normalized spacial score (nSPS) is 13.1. The number of nitrogens with two attached hydrogens (primary N) is 2. The Bertz CT molecular complexity index is 1170. The van der Waals surface area contributed by atoms with Crippen LogP contribution < -0.4 is 16.9 Å². The van der Waals surface area contributed by atoms with Crippen LogP contribution in [0, 0.1) is 11.6 Å². The van der Waals surface area contributed by atoms with Crippen molar-refractivity contribution in [2.75, 3.05) is 0 Å². The van der Waals surface area contributed by atoms with Crippen molar-refractivity contribution in [2.45, 2.75) is 72.5 Å². The summed E-state index contributed by atoms with van der Waals surface area (Å²) in [6.45, 7) is 32.3. The third kappa shape index (κ3) is 14.6. The van der Waals surface area contributed by atoms with E-state index in [1.165, 1.54) is 6.07 Å². The van der Waals surface area contributed by atoms with Gasteiger partial charge in [0.15, 0.2) is 11.6 Å². The Hall–Kier alpha value is -3.58. The van der Waals surface area contributed by atoms with Crippen LogP contribution in [0.4, 0.5) is 8.78 Å². The van der Waals surface area contributed by atoms with Gasteiger partial charge in [0.1, 0.15) is 5.84 Å². The summed E-state index contributed by atoms with van der Waals surface area (Å²) < 4.78 is 27.3. The molecule has 226 valence electrons. The van der Waals surface area contributed by atoms with Gasteiger partial charge in [-0.25, -0.2) is 8.78 Å². The third-order valence-corrected chi connectivity index (χ3v) is 7.03. The topological polar surface area (TPSA) is 76.4 Å². The van der Waals surface area contributed by atoms with Crippen LogP contribution in [0.2, 0.25) is 0 Å². The second-order valence-corrected chi connectivity index (χ2v) is 10.8. The van der Waals surface area contributed by atoms with Crippen molar-refractivity contribution < 1.29 is 8.78 Å². The molecular weight excluding hydrogens is 534 g/mol. The van der Waals surface area contributed by atoms with Crippen LogP contribution in [0.5, 0.6) is 0 Å². The standard InChI is InChI=1S/C30H40F2N4S.C2H6.C2H4/c1-9-12-20(4)30(7,8)37-26(11-3)19-25(17-23-14-16-27(31)28(32)18-23)22(6)35-21(5)13-15-24(10-2)29(33)36-34;2*1-2/h10-11,13-16,18-19,35H,2-4,9,12,17,34H2,1,5-8H3,(H2,33,36);1-2H3;1-2H2/b21-13+,24-15+,25-22+,26-19+;;. The summed E-state index contributed by atoms with van der Waals surface area (Å²) in [4.78, 5) is 0.948. The van der Waals surface area contributed by atoms with E-state index in [0.717, 1.165) is 46.4 Å². The van der Waals surface area contributed by atoms with Crippen molar-refractivity contribution in [1.29, 1.82) is 0 Å². The minimum absolute atomic E-state index is 0.174. The molecule has 0 aliphatic heterocycles. The zero-order valence-electron chi connectivity index (χ0n) is 26.0. The fraction of sp³-hybridized carbons (Fsp3) is 0.324. The van der Waals surface area contributed by atoms with Crippen LogP contribution in [-0.4, -0.2) is 10.6 Å². The fourth-order valence-corrected chi connectivity index (χ4v) is 4.52. The minimum Gasteiger partial charge on any atom is -0.382 e. The highest BCUT2D eigenvalue weighted by Crippen LogP contribution is 2.39. The van der Waals surface area contributed by atoms with Crippen LogP contribution in [0.25, 0.3) is 0 Å². The molecule has 4 nitrogen and oxygen atoms in total. The lowest BCUT2D eigenvalue weighted by atomic mass is 10.00. The summed E-state index contributed by atoms with van der Waals surface area (Å²) in [6, 6.07) is 3.96. The number of hydrazone groups is 1. The number of nitrogens with zero attached hydrogens (tertiary/aromatic N) is 1. The van der Waals surface area contributed by atoms with Gasteiger partial charge < -0.3 is 16.9 Å². The summed E-state index contributed by atoms with van der Waals surface area (Å²) in [5, 5.41) is 6.87. The summed E-state index contributed by atoms with van der Waals surface area (Å²) in [7, 11) is 0. The van der Waals surface area contributed by atoms with Gasteiger partial charge >= 0.3 is 0 Å². The van der Waals surface area contributed by atoms with Crippen LogP contribution in [0.3, 0.4) is 0 Å². The maximum absolute atomic E-state index is 14.0. The molecule has 0 radical (unpaired) electrons. The van der Waals surface area contributed by atoms with Crippen LogP contribution in [-0.2, 0) is 6.42 Å². The molecule has 0 aliphatic carbocycles. The molecule has 7 heteroatoms. The second kappa shape index (κ2) is 21.2. The molecule has 0 aromatic heterocycles. The zero-order valence-corrected chi connectivity index (χ0v) is 26.9. The number of amidine groups is 1. The largest absolute Gasteiger partial charge is 0.382 e. The highest BCUT2D eigenvalue weighted by molar-refractivity contribution is 8.04. The number of thioether (sulfide) groups is 1. The molecule has 0 spiro atoms. The van der Waals surface area contributed by atoms with Crippen LogP contribution in [0.15, 0.2) is 120 Å². The number of allylic oxidation sites excluding steroid dienone is 7. The van der Waals surface area contributed by atoms with Crippen molar-refractivity contribution in [2.24, 2.45) is 16.7 Å². The Morgan fingerprint density at radius 3 is 2.17 bits per heavy atom. The highest BCUT2D eigenvalue weighted by Gasteiger charge is 2.23. The summed E-state index contributed by atoms with van der Waals surface area (Å²) in [5.74, 6) is 3.69. The average molecular weight is 585 g/mol. The molecule has 1 aromatic carbocycles. The van der Waals surface area contributed by atoms with E-state index in [1.807, 2.05) is 39.8 Å². The lowest BCUT2D eigenvalue weighted by molar-refractivity contribution is 0.507. The number of nitrogens with one attached hydrogen (secondary N) is 1. The molecule has 0 heterocycles. The first kappa shape index (κ1) is 39.6. The van der Waals surface area contributed by atoms with Gasteiger partial charge in [0.2, 0.25) is 0 Å². The Morgan fingerprint density at radius 1 is 1.07 bits per heavy atom. The molecule has 0 amide bonds. The molecule has 1 aromatic rings. The summed E-state index contributed by atoms with van der Waals surface area (Å²) in [5.41, 5.74) is 10.7. The Labute approximate surface area is 252 Å². The molecule has 0 atom stereocenters. The molecule has 0 saturated heterocycles. The molecule has 0 unspecified atom stereocenters. The van der Waals surface area contributed by atoms with E-state index in [1.54, 1.807) is 36.1 Å². The van der Waals surface area contributed by atoms with Crippen molar-refractivity contribution in [3.05, 3.63) is 132 Å². The van der Waals surface area contributed by atoms with Crippen molar-refractivity contribution in [3.8, 4) is 0 Å². The smallest absolute Gasteiger partial charge is 0.159 e. The van der Waals surface area contributed by atoms with Crippen molar-refractivity contribution in [3.63, 3.8) is 0 Å². The number of rotatable bonds is 14. The van der Waals surface area contributed by atoms with Gasteiger partial charge in [0.25, 0.3) is 0 Å². The predicted molar refractivity (Wildman–Crippen MR) is 180 cm³/mol. The lowest BCUT2D eigenvalue weighted by Crippen LogP contribution is -2.17. The lowest BCUT2D eigenvalue weighted by Gasteiger charge is -2.27. The first-order valence-corrected chi connectivity index (χ1v) is 14.4. The molecule has 0 saturated carbocycles. The maximum Gasteiger partial charge on any atom is 0.159 e. The predicted octanol–water partition coefficient (Wildman–Crippen LogP) is 9.38. The molecule has 41 heavy (non-hydrogen) atoms. The van der Waals surface area contributed by atoms with E-state index in [4.69, 9.17) is 11.6 Å². The number of halogens is 2. The Balaban J connectivity index is 0. The van der Waals surface area contributed by atoms with E-state index in [2.05, 4.69) is 64.1 Å². The van der Waals surface area contributed by atoms with E-state index < -0.39 is 11.6 Å². The van der Waals surface area contributed by atoms with Gasteiger partial charge in [-0.2, -0.15) is 5.10 Å². The highest BCUT2D eigenvalue weighted by atomic mass is 32.2. The first-order chi connectivity index (χ1) is 19.4. The third-order valence-electron chi connectivity index (χ3n) is 5.71. The fourth-order valence-electron chi connectivity index (χ4n) is 3.40. The Kier molecular flexibility index (Phi) is 20.5. The molecule has 0 bridgehead atoms. The van der Waals surface area contributed by atoms with Crippen LogP contribution in [0.1, 0.15) is 66.9 Å². The molecule has 0 aliphatic rings. The average Bonchev–Trinajstić information content (AvgIpc) is 2.96. The molecule has 0 fully saturated rings. The Morgan fingerprint density at radius 2 is 1.68 bits per heavy atom. The molecule has 1 rings (SSSR count). The molecular formula is C34H50F2N4S. The van der Waals surface area contributed by atoms with Gasteiger partial charge in [0, 0.05) is 26.6 Å².